The number of fused-ring (bicyclic) bond motifs is 6. The molecule has 0 fully saturated rings. The zero-order valence-electron chi connectivity index (χ0n) is 22.3. The molecule has 0 radical (unpaired) electrons. The lowest BCUT2D eigenvalue weighted by atomic mass is 9.80. The van der Waals surface area contributed by atoms with Crippen molar-refractivity contribution in [3.8, 4) is 45.0 Å². The molecule has 0 unspecified atom stereocenters. The molecule has 0 amide bonds. The van der Waals surface area contributed by atoms with Crippen LogP contribution in [0.3, 0.4) is 0 Å². The first-order valence-corrected chi connectivity index (χ1v) is 14.5. The summed E-state index contributed by atoms with van der Waals surface area (Å²) in [7, 11) is 0. The summed E-state index contributed by atoms with van der Waals surface area (Å²) in [5, 5.41) is 2.65. The van der Waals surface area contributed by atoms with E-state index in [2.05, 4.69) is 117 Å². The second-order valence-electron chi connectivity index (χ2n) is 11.0. The monoisotopic (exact) mass is 530 g/mol. The second-order valence-corrected chi connectivity index (χ2v) is 12.1. The maximum atomic E-state index is 5.22. The first-order chi connectivity index (χ1) is 19.6. The number of hydrogen-bond acceptors (Lipinski definition) is 3. The van der Waals surface area contributed by atoms with Crippen LogP contribution in [0.5, 0.6) is 0 Å². The maximum Gasteiger partial charge on any atom is 0.160 e. The third-order valence-electron chi connectivity index (χ3n) is 8.29. The van der Waals surface area contributed by atoms with E-state index >= 15 is 0 Å². The van der Waals surface area contributed by atoms with Crippen LogP contribution in [-0.2, 0) is 5.41 Å². The van der Waals surface area contributed by atoms with Crippen molar-refractivity contribution in [2.75, 3.05) is 0 Å². The third kappa shape index (κ3) is 3.48. The number of hydrogen-bond donors (Lipinski definition) is 0. The Bertz CT molecular complexity index is 2070. The molecule has 0 saturated heterocycles. The van der Waals surface area contributed by atoms with Gasteiger partial charge < -0.3 is 0 Å². The van der Waals surface area contributed by atoms with E-state index in [-0.39, 0.29) is 5.41 Å². The van der Waals surface area contributed by atoms with E-state index in [1.807, 2.05) is 29.5 Å². The molecule has 2 aromatic heterocycles. The van der Waals surface area contributed by atoms with Gasteiger partial charge in [0.1, 0.15) is 0 Å². The Morgan fingerprint density at radius 1 is 0.525 bits per heavy atom. The smallest absolute Gasteiger partial charge is 0.160 e. The van der Waals surface area contributed by atoms with Gasteiger partial charge in [0.25, 0.3) is 0 Å². The van der Waals surface area contributed by atoms with Gasteiger partial charge in [0.2, 0.25) is 0 Å². The molecule has 2 nitrogen and oxygen atoms in total. The molecule has 190 valence electrons. The van der Waals surface area contributed by atoms with E-state index in [0.29, 0.717) is 0 Å². The number of benzene rings is 5. The van der Waals surface area contributed by atoms with E-state index in [0.717, 1.165) is 28.3 Å². The molecule has 0 N–H and O–H groups in total. The highest BCUT2D eigenvalue weighted by Gasteiger charge is 2.39. The number of thiophene rings is 1. The SMILES string of the molecule is CC1(C)c2ccccc2-c2nc(-c3ccccc3)nc(-c3ccc(-c4ccc5sc6ccccc6c5c4)cc3)c21. The van der Waals surface area contributed by atoms with Crippen molar-refractivity contribution in [2.45, 2.75) is 19.3 Å². The number of nitrogens with zero attached hydrogens (tertiary/aromatic N) is 2. The normalized spacial score (nSPS) is 13.4. The summed E-state index contributed by atoms with van der Waals surface area (Å²) in [6, 6.07) is 43.4. The van der Waals surface area contributed by atoms with E-state index in [4.69, 9.17) is 9.97 Å². The lowest BCUT2D eigenvalue weighted by Gasteiger charge is -2.24. The molecule has 0 atom stereocenters. The van der Waals surface area contributed by atoms with Gasteiger partial charge in [0.15, 0.2) is 5.82 Å². The molecular weight excluding hydrogens is 504 g/mol. The Morgan fingerprint density at radius 2 is 1.18 bits per heavy atom. The summed E-state index contributed by atoms with van der Waals surface area (Å²) >= 11 is 1.86. The van der Waals surface area contributed by atoms with Crippen LogP contribution in [0.4, 0.5) is 0 Å². The van der Waals surface area contributed by atoms with Gasteiger partial charge >= 0.3 is 0 Å². The van der Waals surface area contributed by atoms with Crippen molar-refractivity contribution < 1.29 is 0 Å². The van der Waals surface area contributed by atoms with Gasteiger partial charge in [-0.25, -0.2) is 9.97 Å². The quantitative estimate of drug-likeness (QED) is 0.227. The molecular formula is C37H26N2S. The molecule has 40 heavy (non-hydrogen) atoms. The van der Waals surface area contributed by atoms with Crippen molar-refractivity contribution in [1.82, 2.24) is 9.97 Å². The Balaban J connectivity index is 1.28. The van der Waals surface area contributed by atoms with Crippen LogP contribution in [-0.4, -0.2) is 9.97 Å². The Labute approximate surface area is 237 Å². The fourth-order valence-corrected chi connectivity index (χ4v) is 7.35. The fourth-order valence-electron chi connectivity index (χ4n) is 6.27. The topological polar surface area (TPSA) is 25.8 Å². The van der Waals surface area contributed by atoms with Gasteiger partial charge in [0, 0.05) is 47.8 Å². The van der Waals surface area contributed by atoms with Gasteiger partial charge in [-0.2, -0.15) is 0 Å². The molecule has 1 aliphatic rings. The molecule has 2 heterocycles. The van der Waals surface area contributed by atoms with Crippen molar-refractivity contribution in [3.63, 3.8) is 0 Å². The predicted octanol–water partition coefficient (Wildman–Crippen LogP) is 10.2. The summed E-state index contributed by atoms with van der Waals surface area (Å²) in [6.07, 6.45) is 0. The van der Waals surface area contributed by atoms with E-state index in [1.54, 1.807) is 0 Å². The van der Waals surface area contributed by atoms with Crippen molar-refractivity contribution >= 4 is 31.5 Å². The molecule has 0 aliphatic heterocycles. The van der Waals surface area contributed by atoms with Crippen LogP contribution >= 0.6 is 11.3 Å². The van der Waals surface area contributed by atoms with E-state index < -0.39 is 0 Å². The molecule has 5 aromatic carbocycles. The summed E-state index contributed by atoms with van der Waals surface area (Å²) < 4.78 is 2.66. The zero-order chi connectivity index (χ0) is 26.8. The van der Waals surface area contributed by atoms with Gasteiger partial charge in [-0.1, -0.05) is 117 Å². The highest BCUT2D eigenvalue weighted by Crippen LogP contribution is 2.51. The molecule has 3 heteroatoms. The summed E-state index contributed by atoms with van der Waals surface area (Å²) in [4.78, 5) is 10.4. The highest BCUT2D eigenvalue weighted by molar-refractivity contribution is 7.25. The molecule has 0 saturated carbocycles. The zero-order valence-corrected chi connectivity index (χ0v) is 23.2. The van der Waals surface area contributed by atoms with Crippen molar-refractivity contribution in [3.05, 3.63) is 132 Å². The third-order valence-corrected chi connectivity index (χ3v) is 9.44. The van der Waals surface area contributed by atoms with Gasteiger partial charge in [0.05, 0.1) is 11.4 Å². The maximum absolute atomic E-state index is 5.22. The summed E-state index contributed by atoms with van der Waals surface area (Å²) in [5.41, 5.74) is 10.1. The van der Waals surface area contributed by atoms with Crippen LogP contribution < -0.4 is 0 Å². The lowest BCUT2D eigenvalue weighted by molar-refractivity contribution is 0.658. The van der Waals surface area contributed by atoms with Gasteiger partial charge in [-0.3, -0.25) is 0 Å². The Hall–Kier alpha value is -4.60. The average Bonchev–Trinajstić information content (AvgIpc) is 3.49. The van der Waals surface area contributed by atoms with Crippen LogP contribution in [0.1, 0.15) is 25.0 Å². The highest BCUT2D eigenvalue weighted by atomic mass is 32.1. The molecule has 0 bridgehead atoms. The Kier molecular flexibility index (Phi) is 5.07. The van der Waals surface area contributed by atoms with Crippen molar-refractivity contribution in [2.24, 2.45) is 0 Å². The van der Waals surface area contributed by atoms with Crippen LogP contribution in [0.15, 0.2) is 121 Å². The number of aromatic nitrogens is 2. The summed E-state index contributed by atoms with van der Waals surface area (Å²) in [6.45, 7) is 4.59. The van der Waals surface area contributed by atoms with Crippen LogP contribution in [0.25, 0.3) is 65.2 Å². The minimum atomic E-state index is -0.194. The summed E-state index contributed by atoms with van der Waals surface area (Å²) in [5.74, 6) is 0.765. The molecule has 1 aliphatic carbocycles. The first kappa shape index (κ1) is 23.3. The van der Waals surface area contributed by atoms with Crippen LogP contribution in [0.2, 0.25) is 0 Å². The predicted molar refractivity (Wildman–Crippen MR) is 169 cm³/mol. The lowest BCUT2D eigenvalue weighted by Crippen LogP contribution is -2.17. The van der Waals surface area contributed by atoms with E-state index in [1.165, 1.54) is 48.0 Å². The standard InChI is InChI=1S/C37H26N2S/c1-37(2)30-14-8-6-13-28(30)35-33(37)34(38-36(39-35)25-10-4-3-5-11-25)24-18-16-23(17-19-24)26-20-21-32-29(22-26)27-12-7-9-15-31(27)40-32/h3-22H,1-2H3. The minimum absolute atomic E-state index is 0.194. The van der Waals surface area contributed by atoms with Gasteiger partial charge in [-0.05, 0) is 34.9 Å². The van der Waals surface area contributed by atoms with Crippen molar-refractivity contribution in [1.29, 1.82) is 0 Å². The molecule has 7 aromatic rings. The number of rotatable bonds is 3. The molecule has 8 rings (SSSR count). The minimum Gasteiger partial charge on any atom is -0.228 e. The fraction of sp³-hybridized carbons (Fsp3) is 0.0811. The molecule has 0 spiro atoms. The first-order valence-electron chi connectivity index (χ1n) is 13.7. The van der Waals surface area contributed by atoms with Crippen LogP contribution in [0, 0.1) is 0 Å². The average molecular weight is 531 g/mol. The second kappa shape index (κ2) is 8.70. The largest absolute Gasteiger partial charge is 0.228 e. The van der Waals surface area contributed by atoms with E-state index in [9.17, 15) is 0 Å². The van der Waals surface area contributed by atoms with Gasteiger partial charge in [-0.15, -0.1) is 11.3 Å². The Morgan fingerprint density at radius 3 is 2.02 bits per heavy atom.